The summed E-state index contributed by atoms with van der Waals surface area (Å²) in [6, 6.07) is 0. The summed E-state index contributed by atoms with van der Waals surface area (Å²) < 4.78 is 10.7. The van der Waals surface area contributed by atoms with Crippen LogP contribution in [0.25, 0.3) is 0 Å². The molecule has 2 rings (SSSR count). The number of carboxylic acid groups (broad SMARTS) is 1. The lowest BCUT2D eigenvalue weighted by molar-refractivity contribution is -0.147. The molecule has 2 atom stereocenters. The van der Waals surface area contributed by atoms with Crippen molar-refractivity contribution in [1.82, 2.24) is 4.90 Å². The fourth-order valence-corrected chi connectivity index (χ4v) is 2.78. The molecule has 108 valence electrons. The van der Waals surface area contributed by atoms with Gasteiger partial charge in [0.15, 0.2) is 6.10 Å². The van der Waals surface area contributed by atoms with Gasteiger partial charge in [-0.15, -0.1) is 0 Å². The molecular weight excluding hydrogens is 250 g/mol. The van der Waals surface area contributed by atoms with E-state index in [0.29, 0.717) is 13.0 Å². The Morgan fingerprint density at radius 3 is 2.63 bits per heavy atom. The number of carboxylic acids is 1. The Kier molecular flexibility index (Phi) is 3.47. The summed E-state index contributed by atoms with van der Waals surface area (Å²) in [5, 5.41) is 9.01. The van der Waals surface area contributed by atoms with Crippen molar-refractivity contribution in [3.8, 4) is 0 Å². The number of nitrogens with zero attached hydrogens (tertiary/aromatic N) is 1. The molecule has 0 aromatic carbocycles. The Morgan fingerprint density at radius 1 is 1.42 bits per heavy atom. The van der Waals surface area contributed by atoms with E-state index in [-0.39, 0.29) is 12.7 Å². The number of carbonyl (C=O) groups excluding carboxylic acids is 1. The van der Waals surface area contributed by atoms with Crippen molar-refractivity contribution in [3.63, 3.8) is 0 Å². The summed E-state index contributed by atoms with van der Waals surface area (Å²) >= 11 is 0. The second-order valence-corrected chi connectivity index (χ2v) is 6.30. The Bertz CT molecular complexity index is 389. The maximum Gasteiger partial charge on any atom is 0.410 e. The first-order valence-electron chi connectivity index (χ1n) is 6.59. The molecule has 2 aliphatic rings. The SMILES string of the molecule is CC(C)(C)OC(=O)N1CCCC12COC(C(=O)O)C2. The number of amides is 1. The van der Waals surface area contributed by atoms with Crippen molar-refractivity contribution in [1.29, 1.82) is 0 Å². The molecule has 6 nitrogen and oxygen atoms in total. The van der Waals surface area contributed by atoms with Crippen LogP contribution >= 0.6 is 0 Å². The fourth-order valence-electron chi connectivity index (χ4n) is 2.78. The summed E-state index contributed by atoms with van der Waals surface area (Å²) in [6.45, 7) is 6.34. The predicted octanol–water partition coefficient (Wildman–Crippen LogP) is 1.63. The van der Waals surface area contributed by atoms with Crippen molar-refractivity contribution in [2.24, 2.45) is 0 Å². The van der Waals surface area contributed by atoms with Crippen molar-refractivity contribution in [2.75, 3.05) is 13.2 Å². The summed E-state index contributed by atoms with van der Waals surface area (Å²) in [6.07, 6.45) is 0.787. The third kappa shape index (κ3) is 2.83. The van der Waals surface area contributed by atoms with E-state index in [1.807, 2.05) is 20.8 Å². The first-order chi connectivity index (χ1) is 8.73. The highest BCUT2D eigenvalue weighted by atomic mass is 16.6. The summed E-state index contributed by atoms with van der Waals surface area (Å²) in [5.41, 5.74) is -1.04. The van der Waals surface area contributed by atoms with Gasteiger partial charge in [-0.1, -0.05) is 0 Å². The Balaban J connectivity index is 2.09. The first kappa shape index (κ1) is 14.1. The smallest absolute Gasteiger partial charge is 0.410 e. The van der Waals surface area contributed by atoms with E-state index in [2.05, 4.69) is 0 Å². The van der Waals surface area contributed by atoms with Crippen molar-refractivity contribution in [3.05, 3.63) is 0 Å². The molecule has 2 saturated heterocycles. The molecule has 2 aliphatic heterocycles. The fraction of sp³-hybridized carbons (Fsp3) is 0.846. The first-order valence-corrected chi connectivity index (χ1v) is 6.59. The van der Waals surface area contributed by atoms with Crippen LogP contribution in [0.5, 0.6) is 0 Å². The molecule has 0 saturated carbocycles. The van der Waals surface area contributed by atoms with Gasteiger partial charge in [-0.05, 0) is 33.6 Å². The average molecular weight is 271 g/mol. The molecule has 2 unspecified atom stereocenters. The number of hydrogen-bond acceptors (Lipinski definition) is 4. The van der Waals surface area contributed by atoms with E-state index < -0.39 is 23.2 Å². The highest BCUT2D eigenvalue weighted by Crippen LogP contribution is 2.40. The van der Waals surface area contributed by atoms with Crippen molar-refractivity contribution >= 4 is 12.1 Å². The van der Waals surface area contributed by atoms with Gasteiger partial charge in [0, 0.05) is 13.0 Å². The van der Waals surface area contributed by atoms with E-state index >= 15 is 0 Å². The van der Waals surface area contributed by atoms with Crippen LogP contribution in [-0.2, 0) is 14.3 Å². The number of aliphatic carboxylic acids is 1. The predicted molar refractivity (Wildman–Crippen MR) is 66.9 cm³/mol. The molecule has 2 heterocycles. The maximum atomic E-state index is 12.2. The van der Waals surface area contributed by atoms with Crippen LogP contribution in [0.3, 0.4) is 0 Å². The average Bonchev–Trinajstić information content (AvgIpc) is 2.84. The Hall–Kier alpha value is -1.30. The van der Waals surface area contributed by atoms with Gasteiger partial charge < -0.3 is 19.5 Å². The molecule has 0 bridgehead atoms. The van der Waals surface area contributed by atoms with Gasteiger partial charge in [-0.3, -0.25) is 0 Å². The number of ether oxygens (including phenoxy) is 2. The topological polar surface area (TPSA) is 76.1 Å². The van der Waals surface area contributed by atoms with E-state index in [1.54, 1.807) is 4.90 Å². The Labute approximate surface area is 112 Å². The van der Waals surface area contributed by atoms with E-state index in [1.165, 1.54) is 0 Å². The molecule has 1 amide bonds. The molecule has 0 radical (unpaired) electrons. The minimum atomic E-state index is -0.965. The lowest BCUT2D eigenvalue weighted by Crippen LogP contribution is -2.50. The Morgan fingerprint density at radius 2 is 2.11 bits per heavy atom. The highest BCUT2D eigenvalue weighted by Gasteiger charge is 2.52. The normalized spacial score (nSPS) is 30.9. The zero-order valence-electron chi connectivity index (χ0n) is 11.6. The summed E-state index contributed by atoms with van der Waals surface area (Å²) in [5.74, 6) is -0.965. The number of likely N-dealkylation sites (tertiary alicyclic amines) is 1. The van der Waals surface area contributed by atoms with Gasteiger partial charge in [-0.25, -0.2) is 9.59 Å². The van der Waals surface area contributed by atoms with E-state index in [9.17, 15) is 9.59 Å². The van der Waals surface area contributed by atoms with Crippen LogP contribution in [-0.4, -0.2) is 52.5 Å². The lowest BCUT2D eigenvalue weighted by Gasteiger charge is -2.35. The molecule has 0 aliphatic carbocycles. The molecule has 2 fully saturated rings. The van der Waals surface area contributed by atoms with Gasteiger partial charge in [0.25, 0.3) is 0 Å². The van der Waals surface area contributed by atoms with Crippen LogP contribution in [0.1, 0.15) is 40.0 Å². The zero-order chi connectivity index (χ0) is 14.3. The minimum absolute atomic E-state index is 0.281. The highest BCUT2D eigenvalue weighted by molar-refractivity contribution is 5.74. The van der Waals surface area contributed by atoms with Gasteiger partial charge in [0.05, 0.1) is 12.1 Å². The molecule has 0 aromatic rings. The molecular formula is C13H21NO5. The number of rotatable bonds is 1. The van der Waals surface area contributed by atoms with Crippen LogP contribution < -0.4 is 0 Å². The van der Waals surface area contributed by atoms with Gasteiger partial charge >= 0.3 is 12.1 Å². The summed E-state index contributed by atoms with van der Waals surface area (Å²) in [4.78, 5) is 24.8. The van der Waals surface area contributed by atoms with Gasteiger partial charge in [-0.2, -0.15) is 0 Å². The second kappa shape index (κ2) is 4.67. The second-order valence-electron chi connectivity index (χ2n) is 6.30. The molecule has 1 spiro atoms. The van der Waals surface area contributed by atoms with E-state index in [0.717, 1.165) is 12.8 Å². The minimum Gasteiger partial charge on any atom is -0.479 e. The van der Waals surface area contributed by atoms with Gasteiger partial charge in [0.2, 0.25) is 0 Å². The zero-order valence-corrected chi connectivity index (χ0v) is 11.6. The number of hydrogen-bond donors (Lipinski definition) is 1. The van der Waals surface area contributed by atoms with E-state index in [4.69, 9.17) is 14.6 Å². The number of carbonyl (C=O) groups is 2. The largest absolute Gasteiger partial charge is 0.479 e. The molecule has 1 N–H and O–H groups in total. The van der Waals surface area contributed by atoms with Crippen LogP contribution in [0, 0.1) is 0 Å². The quantitative estimate of drug-likeness (QED) is 0.784. The van der Waals surface area contributed by atoms with Crippen molar-refractivity contribution in [2.45, 2.75) is 57.3 Å². The van der Waals surface area contributed by atoms with Crippen molar-refractivity contribution < 1.29 is 24.2 Å². The molecule has 19 heavy (non-hydrogen) atoms. The van der Waals surface area contributed by atoms with Crippen LogP contribution in [0.2, 0.25) is 0 Å². The molecule has 0 aromatic heterocycles. The maximum absolute atomic E-state index is 12.2. The lowest BCUT2D eigenvalue weighted by atomic mass is 9.93. The summed E-state index contributed by atoms with van der Waals surface area (Å²) in [7, 11) is 0. The standard InChI is InChI=1S/C13H21NO5/c1-12(2,3)19-11(17)14-6-4-5-13(14)7-9(10(15)16)18-8-13/h9H,4-8H2,1-3H3,(H,15,16). The third-order valence-corrected chi connectivity index (χ3v) is 3.60. The molecule has 6 heteroatoms. The van der Waals surface area contributed by atoms with Crippen LogP contribution in [0.4, 0.5) is 4.79 Å². The van der Waals surface area contributed by atoms with Crippen LogP contribution in [0.15, 0.2) is 0 Å². The monoisotopic (exact) mass is 271 g/mol. The third-order valence-electron chi connectivity index (χ3n) is 3.60. The van der Waals surface area contributed by atoms with Gasteiger partial charge in [0.1, 0.15) is 5.60 Å².